The van der Waals surface area contributed by atoms with Crippen molar-refractivity contribution < 1.29 is 14.8 Å². The molecule has 1 aromatic carbocycles. The molecule has 5 heteroatoms. The fraction of sp³-hybridized carbons (Fsp3) is 0.125. The van der Waals surface area contributed by atoms with Crippen molar-refractivity contribution in [3.8, 4) is 0 Å². The zero-order chi connectivity index (χ0) is 9.68. The van der Waals surface area contributed by atoms with Gasteiger partial charge in [-0.2, -0.15) is 0 Å². The van der Waals surface area contributed by atoms with Crippen molar-refractivity contribution in [3.05, 3.63) is 30.3 Å². The summed E-state index contributed by atoms with van der Waals surface area (Å²) < 4.78 is 0. The number of anilines is 1. The van der Waals surface area contributed by atoms with E-state index < -0.39 is 13.0 Å². The molecule has 0 aliphatic carbocycles. The standard InChI is InChI=1S/C8H10BNO3/c11-8(6-9(12)13)10-7-4-2-1-3-5-7/h1-5,12-13H,6H2,(H,10,11). The molecule has 0 saturated heterocycles. The van der Waals surface area contributed by atoms with Crippen LogP contribution in [0, 0.1) is 0 Å². The largest absolute Gasteiger partial charge is 0.461 e. The molecule has 0 fully saturated rings. The lowest BCUT2D eigenvalue weighted by Crippen LogP contribution is -2.21. The van der Waals surface area contributed by atoms with Crippen LogP contribution in [-0.2, 0) is 4.79 Å². The van der Waals surface area contributed by atoms with Crippen molar-refractivity contribution in [1.82, 2.24) is 0 Å². The maximum atomic E-state index is 11.0. The van der Waals surface area contributed by atoms with E-state index in [1.807, 2.05) is 6.07 Å². The average Bonchev–Trinajstić information content (AvgIpc) is 2.04. The first-order valence-electron chi connectivity index (χ1n) is 3.89. The van der Waals surface area contributed by atoms with Gasteiger partial charge in [0.15, 0.2) is 0 Å². The highest BCUT2D eigenvalue weighted by molar-refractivity contribution is 6.47. The summed E-state index contributed by atoms with van der Waals surface area (Å²) in [6.07, 6.45) is -0.311. The normalized spacial score (nSPS) is 9.38. The summed E-state index contributed by atoms with van der Waals surface area (Å²) in [7, 11) is -1.59. The number of hydrogen-bond donors (Lipinski definition) is 3. The number of para-hydroxylation sites is 1. The van der Waals surface area contributed by atoms with Crippen LogP contribution >= 0.6 is 0 Å². The molecule has 1 rings (SSSR count). The Kier molecular flexibility index (Phi) is 3.48. The first-order chi connectivity index (χ1) is 6.18. The fourth-order valence-corrected chi connectivity index (χ4v) is 0.899. The molecule has 1 aromatic rings. The van der Waals surface area contributed by atoms with Gasteiger partial charge in [-0.1, -0.05) is 18.2 Å². The molecule has 0 aliphatic rings. The molecule has 0 spiro atoms. The predicted octanol–water partition coefficient (Wildman–Crippen LogP) is 0.0979. The third kappa shape index (κ3) is 3.73. The van der Waals surface area contributed by atoms with Gasteiger partial charge < -0.3 is 15.4 Å². The molecule has 0 radical (unpaired) electrons. The highest BCUT2D eigenvalue weighted by Crippen LogP contribution is 2.05. The number of rotatable bonds is 3. The number of amides is 1. The smallest absolute Gasteiger partial charge is 0.427 e. The van der Waals surface area contributed by atoms with Gasteiger partial charge in [0, 0.05) is 5.69 Å². The Morgan fingerprint density at radius 1 is 1.31 bits per heavy atom. The van der Waals surface area contributed by atoms with Crippen molar-refractivity contribution in [1.29, 1.82) is 0 Å². The number of carbonyl (C=O) groups excluding carboxylic acids is 1. The Morgan fingerprint density at radius 3 is 2.46 bits per heavy atom. The van der Waals surface area contributed by atoms with Gasteiger partial charge in [-0.15, -0.1) is 0 Å². The van der Waals surface area contributed by atoms with E-state index >= 15 is 0 Å². The van der Waals surface area contributed by atoms with Crippen LogP contribution in [0.3, 0.4) is 0 Å². The minimum atomic E-state index is -1.59. The highest BCUT2D eigenvalue weighted by Gasteiger charge is 2.12. The lowest BCUT2D eigenvalue weighted by Gasteiger charge is -2.03. The van der Waals surface area contributed by atoms with Crippen molar-refractivity contribution in [2.45, 2.75) is 6.32 Å². The van der Waals surface area contributed by atoms with Crippen molar-refractivity contribution in [2.75, 3.05) is 5.32 Å². The van der Waals surface area contributed by atoms with Crippen LogP contribution in [0.5, 0.6) is 0 Å². The van der Waals surface area contributed by atoms with Crippen molar-refractivity contribution in [2.24, 2.45) is 0 Å². The first-order valence-corrected chi connectivity index (χ1v) is 3.89. The van der Waals surface area contributed by atoms with E-state index in [0.29, 0.717) is 5.69 Å². The lowest BCUT2D eigenvalue weighted by atomic mass is 9.86. The van der Waals surface area contributed by atoms with Crippen LogP contribution in [0.15, 0.2) is 30.3 Å². The van der Waals surface area contributed by atoms with E-state index in [2.05, 4.69) is 5.32 Å². The maximum absolute atomic E-state index is 11.0. The van der Waals surface area contributed by atoms with Crippen molar-refractivity contribution >= 4 is 18.7 Å². The van der Waals surface area contributed by atoms with Gasteiger partial charge in [0.1, 0.15) is 0 Å². The Morgan fingerprint density at radius 2 is 1.92 bits per heavy atom. The molecule has 13 heavy (non-hydrogen) atoms. The number of carbonyl (C=O) groups is 1. The van der Waals surface area contributed by atoms with Crippen LogP contribution in [0.1, 0.15) is 0 Å². The van der Waals surface area contributed by atoms with Crippen LogP contribution < -0.4 is 5.32 Å². The molecule has 0 unspecified atom stereocenters. The molecule has 3 N–H and O–H groups in total. The molecule has 0 aromatic heterocycles. The third-order valence-corrected chi connectivity index (χ3v) is 1.43. The summed E-state index contributed by atoms with van der Waals surface area (Å²) in [5.41, 5.74) is 0.646. The summed E-state index contributed by atoms with van der Waals surface area (Å²) in [5, 5.41) is 19.5. The number of hydrogen-bond acceptors (Lipinski definition) is 3. The van der Waals surface area contributed by atoms with Gasteiger partial charge in [-0.3, -0.25) is 4.79 Å². The Hall–Kier alpha value is -1.33. The van der Waals surface area contributed by atoms with Gasteiger partial charge in [0.25, 0.3) is 0 Å². The van der Waals surface area contributed by atoms with Crippen molar-refractivity contribution in [3.63, 3.8) is 0 Å². The second-order valence-corrected chi connectivity index (χ2v) is 2.60. The fourth-order valence-electron chi connectivity index (χ4n) is 0.899. The molecule has 4 nitrogen and oxygen atoms in total. The Bertz CT molecular complexity index is 276. The molecule has 0 atom stereocenters. The Labute approximate surface area is 76.4 Å². The molecular formula is C8H10BNO3. The minimum absolute atomic E-state index is 0.311. The van der Waals surface area contributed by atoms with E-state index in [4.69, 9.17) is 10.0 Å². The molecule has 0 aliphatic heterocycles. The SMILES string of the molecule is O=C(CB(O)O)Nc1ccccc1. The quantitative estimate of drug-likeness (QED) is 0.576. The molecule has 0 saturated carbocycles. The first kappa shape index (κ1) is 9.76. The van der Waals surface area contributed by atoms with Gasteiger partial charge >= 0.3 is 7.12 Å². The molecule has 0 heterocycles. The number of nitrogens with one attached hydrogen (secondary N) is 1. The van der Waals surface area contributed by atoms with Gasteiger partial charge in [-0.25, -0.2) is 0 Å². The minimum Gasteiger partial charge on any atom is -0.427 e. The van der Waals surface area contributed by atoms with E-state index in [9.17, 15) is 4.79 Å². The third-order valence-electron chi connectivity index (χ3n) is 1.43. The summed E-state index contributed by atoms with van der Waals surface area (Å²) in [5.74, 6) is -0.416. The van der Waals surface area contributed by atoms with Crippen LogP contribution in [0.4, 0.5) is 5.69 Å². The second-order valence-electron chi connectivity index (χ2n) is 2.60. The van der Waals surface area contributed by atoms with E-state index in [0.717, 1.165) is 0 Å². The maximum Gasteiger partial charge on any atom is 0.461 e. The van der Waals surface area contributed by atoms with Gasteiger partial charge in [0.2, 0.25) is 5.91 Å². The van der Waals surface area contributed by atoms with Crippen LogP contribution in [0.2, 0.25) is 6.32 Å². The zero-order valence-corrected chi connectivity index (χ0v) is 6.97. The summed E-state index contributed by atoms with van der Waals surface area (Å²) >= 11 is 0. The number of benzene rings is 1. The van der Waals surface area contributed by atoms with E-state index in [1.54, 1.807) is 24.3 Å². The molecule has 1 amide bonds. The topological polar surface area (TPSA) is 69.6 Å². The second kappa shape index (κ2) is 4.64. The monoisotopic (exact) mass is 179 g/mol. The summed E-state index contributed by atoms with van der Waals surface area (Å²) in [4.78, 5) is 11.0. The Balaban J connectivity index is 2.46. The lowest BCUT2D eigenvalue weighted by molar-refractivity contribution is -0.114. The summed E-state index contributed by atoms with van der Waals surface area (Å²) in [6.45, 7) is 0. The highest BCUT2D eigenvalue weighted by atomic mass is 16.4. The molecular weight excluding hydrogens is 169 g/mol. The summed E-state index contributed by atoms with van der Waals surface area (Å²) in [6, 6.07) is 8.84. The molecule has 0 bridgehead atoms. The van der Waals surface area contributed by atoms with E-state index in [-0.39, 0.29) is 6.32 Å². The average molecular weight is 179 g/mol. The predicted molar refractivity (Wildman–Crippen MR) is 50.1 cm³/mol. The van der Waals surface area contributed by atoms with Gasteiger partial charge in [-0.05, 0) is 12.1 Å². The van der Waals surface area contributed by atoms with E-state index in [1.165, 1.54) is 0 Å². The zero-order valence-electron chi connectivity index (χ0n) is 6.97. The molecule has 68 valence electrons. The van der Waals surface area contributed by atoms with Crippen LogP contribution in [0.25, 0.3) is 0 Å². The van der Waals surface area contributed by atoms with Gasteiger partial charge in [0.05, 0.1) is 6.32 Å². The van der Waals surface area contributed by atoms with Crippen LogP contribution in [-0.4, -0.2) is 23.1 Å².